The van der Waals surface area contributed by atoms with Crippen LogP contribution in [0, 0.1) is 11.8 Å². The fourth-order valence-electron chi connectivity index (χ4n) is 5.58. The third kappa shape index (κ3) is 5.07. The van der Waals surface area contributed by atoms with Gasteiger partial charge < -0.3 is 19.5 Å². The van der Waals surface area contributed by atoms with E-state index < -0.39 is 0 Å². The first kappa shape index (κ1) is 24.6. The van der Waals surface area contributed by atoms with Gasteiger partial charge in [-0.25, -0.2) is 0 Å². The van der Waals surface area contributed by atoms with Crippen molar-refractivity contribution in [3.63, 3.8) is 0 Å². The summed E-state index contributed by atoms with van der Waals surface area (Å²) in [6, 6.07) is 17.7. The molecule has 0 amide bonds. The maximum absolute atomic E-state index is 5.75. The monoisotopic (exact) mass is 482 g/mol. The zero-order chi connectivity index (χ0) is 25.1. The van der Waals surface area contributed by atoms with E-state index in [2.05, 4.69) is 80.5 Å². The Morgan fingerprint density at radius 2 is 1.56 bits per heavy atom. The van der Waals surface area contributed by atoms with Crippen molar-refractivity contribution in [2.24, 2.45) is 11.8 Å². The molecule has 1 aliphatic carbocycles. The molecule has 0 saturated heterocycles. The maximum Gasteiger partial charge on any atom is 0.134 e. The lowest BCUT2D eigenvalue weighted by atomic mass is 9.91. The Bertz CT molecular complexity index is 1350. The summed E-state index contributed by atoms with van der Waals surface area (Å²) in [5.41, 5.74) is 6.81. The molecule has 0 spiro atoms. The summed E-state index contributed by atoms with van der Waals surface area (Å²) in [6.07, 6.45) is 9.47. The fourth-order valence-corrected chi connectivity index (χ4v) is 5.58. The van der Waals surface area contributed by atoms with Crippen LogP contribution in [0.4, 0.5) is 0 Å². The van der Waals surface area contributed by atoms with Gasteiger partial charge in [0.15, 0.2) is 0 Å². The normalized spacial score (nSPS) is 19.6. The van der Waals surface area contributed by atoms with Gasteiger partial charge in [-0.2, -0.15) is 0 Å². The Morgan fingerprint density at radius 1 is 0.917 bits per heavy atom. The van der Waals surface area contributed by atoms with E-state index in [1.807, 2.05) is 12.1 Å². The van der Waals surface area contributed by atoms with Gasteiger partial charge >= 0.3 is 0 Å². The van der Waals surface area contributed by atoms with Gasteiger partial charge in [-0.05, 0) is 84.3 Å². The zero-order valence-corrected chi connectivity index (χ0v) is 21.7. The van der Waals surface area contributed by atoms with Crippen molar-refractivity contribution in [1.82, 2.24) is 10.6 Å². The molecule has 0 bridgehead atoms. The van der Waals surface area contributed by atoms with Gasteiger partial charge in [0.1, 0.15) is 11.2 Å². The number of fused-ring (bicyclic) bond motifs is 2. The number of furan rings is 2. The maximum atomic E-state index is 5.75. The molecule has 5 rings (SSSR count). The predicted octanol–water partition coefficient (Wildman–Crippen LogP) is 7.67. The number of likely N-dealkylation sites (N-methyl/N-ethyl adjacent to an activating group) is 2. The van der Waals surface area contributed by atoms with E-state index in [4.69, 9.17) is 8.83 Å². The number of benzene rings is 2. The highest BCUT2D eigenvalue weighted by Crippen LogP contribution is 2.47. The molecule has 4 nitrogen and oxygen atoms in total. The number of hydrogen-bond donors (Lipinski definition) is 2. The zero-order valence-electron chi connectivity index (χ0n) is 21.7. The minimum atomic E-state index is 0.237. The Hall–Kier alpha value is -3.08. The molecule has 2 aromatic heterocycles. The molecule has 188 valence electrons. The van der Waals surface area contributed by atoms with Gasteiger partial charge in [-0.15, -0.1) is 0 Å². The van der Waals surface area contributed by atoms with Crippen LogP contribution in [0.3, 0.4) is 0 Å². The quantitative estimate of drug-likeness (QED) is 0.217. The van der Waals surface area contributed by atoms with Crippen LogP contribution in [-0.2, 0) is 0 Å². The van der Waals surface area contributed by atoms with Crippen LogP contribution >= 0.6 is 0 Å². The number of rotatable bonds is 12. The van der Waals surface area contributed by atoms with Gasteiger partial charge in [0, 0.05) is 22.9 Å². The second kappa shape index (κ2) is 10.9. The molecule has 1 aliphatic rings. The summed E-state index contributed by atoms with van der Waals surface area (Å²) >= 11 is 0. The summed E-state index contributed by atoms with van der Waals surface area (Å²) in [4.78, 5) is 0. The van der Waals surface area contributed by atoms with Crippen LogP contribution in [0.15, 0.2) is 82.5 Å². The molecule has 4 aromatic rings. The van der Waals surface area contributed by atoms with Gasteiger partial charge in [0.25, 0.3) is 0 Å². The molecule has 0 aliphatic heterocycles. The first-order chi connectivity index (χ1) is 17.6. The summed E-state index contributed by atoms with van der Waals surface area (Å²) in [7, 11) is 0. The second-order valence-electron chi connectivity index (χ2n) is 9.99. The van der Waals surface area contributed by atoms with Crippen molar-refractivity contribution >= 4 is 33.1 Å². The van der Waals surface area contributed by atoms with E-state index in [0.717, 1.165) is 65.4 Å². The second-order valence-corrected chi connectivity index (χ2v) is 9.99. The van der Waals surface area contributed by atoms with Gasteiger partial charge in [-0.3, -0.25) is 0 Å². The predicted molar refractivity (Wildman–Crippen MR) is 151 cm³/mol. The van der Waals surface area contributed by atoms with Crippen molar-refractivity contribution in [1.29, 1.82) is 0 Å². The average molecular weight is 483 g/mol. The van der Waals surface area contributed by atoms with E-state index in [-0.39, 0.29) is 6.04 Å². The van der Waals surface area contributed by atoms with E-state index in [0.29, 0.717) is 17.9 Å². The highest BCUT2D eigenvalue weighted by Gasteiger charge is 2.43. The molecule has 4 unspecified atom stereocenters. The van der Waals surface area contributed by atoms with Crippen molar-refractivity contribution in [3.05, 3.63) is 84.8 Å². The Labute approximate surface area is 214 Å². The number of allylic oxidation sites excluding steroid dienone is 1. The summed E-state index contributed by atoms with van der Waals surface area (Å²) in [6.45, 7) is 13.0. The average Bonchev–Trinajstić information content (AvgIpc) is 3.26. The van der Waals surface area contributed by atoms with E-state index in [9.17, 15) is 0 Å². The van der Waals surface area contributed by atoms with E-state index >= 15 is 0 Å². The Morgan fingerprint density at radius 3 is 2.19 bits per heavy atom. The summed E-state index contributed by atoms with van der Waals surface area (Å²) in [5, 5.41) is 9.76. The first-order valence-electron chi connectivity index (χ1n) is 13.4. The van der Waals surface area contributed by atoms with Gasteiger partial charge in [0.05, 0.1) is 12.5 Å². The molecule has 36 heavy (non-hydrogen) atoms. The molecular weight excluding hydrogens is 444 g/mol. The van der Waals surface area contributed by atoms with Crippen molar-refractivity contribution in [3.8, 4) is 0 Å². The molecule has 1 fully saturated rings. The van der Waals surface area contributed by atoms with Crippen LogP contribution < -0.4 is 10.6 Å². The van der Waals surface area contributed by atoms with Crippen molar-refractivity contribution < 1.29 is 8.83 Å². The van der Waals surface area contributed by atoms with E-state index in [1.165, 1.54) is 11.1 Å². The molecule has 1 saturated carbocycles. The highest BCUT2D eigenvalue weighted by atomic mass is 16.3. The Balaban J connectivity index is 1.44. The molecule has 2 aromatic carbocycles. The van der Waals surface area contributed by atoms with Crippen LogP contribution in [-0.4, -0.2) is 25.2 Å². The summed E-state index contributed by atoms with van der Waals surface area (Å²) < 4.78 is 11.4. The molecule has 4 atom stereocenters. The minimum Gasteiger partial charge on any atom is -0.464 e. The molecule has 2 N–H and O–H groups in total. The third-order valence-electron chi connectivity index (χ3n) is 7.53. The standard InChI is InChI=1S/C32H38N2O2/c1-5-8-29(33-6-2)27(25-12-10-23-14-16-36-31(23)20-25)17-26-18-28(26)32(34-7-3)21(4)24-11-9-22-13-15-35-30(22)19-24/h9-17,19-20,26,28-29,32-34H,4-8,18H2,1-3H3/b27-17-. The van der Waals surface area contributed by atoms with Gasteiger partial charge in [-0.1, -0.05) is 64.1 Å². The molecular formula is C32H38N2O2. The smallest absolute Gasteiger partial charge is 0.134 e. The largest absolute Gasteiger partial charge is 0.464 e. The summed E-state index contributed by atoms with van der Waals surface area (Å²) in [5.74, 6) is 1.04. The molecule has 4 heteroatoms. The third-order valence-corrected chi connectivity index (χ3v) is 7.53. The van der Waals surface area contributed by atoms with E-state index in [1.54, 1.807) is 12.5 Å². The minimum absolute atomic E-state index is 0.237. The Kier molecular flexibility index (Phi) is 7.45. The highest BCUT2D eigenvalue weighted by molar-refractivity contribution is 5.84. The lowest BCUT2D eigenvalue weighted by Crippen LogP contribution is -2.32. The van der Waals surface area contributed by atoms with Crippen molar-refractivity contribution in [2.75, 3.05) is 13.1 Å². The van der Waals surface area contributed by atoms with Crippen molar-refractivity contribution in [2.45, 2.75) is 52.1 Å². The van der Waals surface area contributed by atoms with Crippen LogP contribution in [0.1, 0.15) is 51.2 Å². The number of nitrogens with one attached hydrogen (secondary N) is 2. The SMILES string of the molecule is C=C(c1ccc2ccoc2c1)C(NCC)C1CC1/C=C(/c1ccc2ccoc2c1)C(CCC)NCC. The van der Waals surface area contributed by atoms with Crippen LogP contribution in [0.25, 0.3) is 33.1 Å². The first-order valence-corrected chi connectivity index (χ1v) is 13.4. The lowest BCUT2D eigenvalue weighted by Gasteiger charge is -2.23. The topological polar surface area (TPSA) is 50.3 Å². The molecule has 2 heterocycles. The fraction of sp³-hybridized carbons (Fsp3) is 0.375. The van der Waals surface area contributed by atoms with Crippen LogP contribution in [0.2, 0.25) is 0 Å². The van der Waals surface area contributed by atoms with Crippen LogP contribution in [0.5, 0.6) is 0 Å². The lowest BCUT2D eigenvalue weighted by molar-refractivity contribution is 0.552. The number of hydrogen-bond acceptors (Lipinski definition) is 4. The van der Waals surface area contributed by atoms with Gasteiger partial charge in [0.2, 0.25) is 0 Å². The molecule has 0 radical (unpaired) electrons.